The van der Waals surface area contributed by atoms with E-state index in [1.165, 1.54) is 29.2 Å². The van der Waals surface area contributed by atoms with Crippen LogP contribution in [0.2, 0.25) is 0 Å². The van der Waals surface area contributed by atoms with Crippen molar-refractivity contribution >= 4 is 16.8 Å². The number of imidazole rings is 1. The molecule has 0 aliphatic carbocycles. The summed E-state index contributed by atoms with van der Waals surface area (Å²) in [4.78, 5) is 17.1. The maximum Gasteiger partial charge on any atom is 0.449 e. The van der Waals surface area contributed by atoms with Gasteiger partial charge in [-0.3, -0.25) is 14.3 Å². The van der Waals surface area contributed by atoms with Crippen molar-refractivity contribution in [3.8, 4) is 0 Å². The Morgan fingerprint density at radius 3 is 2.37 bits per heavy atom. The van der Waals surface area contributed by atoms with Gasteiger partial charge in [-0.2, -0.15) is 22.0 Å². The van der Waals surface area contributed by atoms with Gasteiger partial charge < -0.3 is 5.32 Å². The number of nitrogens with zero attached hydrogens (tertiary/aromatic N) is 3. The van der Waals surface area contributed by atoms with Crippen molar-refractivity contribution in [3.63, 3.8) is 0 Å². The third-order valence-corrected chi connectivity index (χ3v) is 4.35. The summed E-state index contributed by atoms with van der Waals surface area (Å²) >= 11 is 0. The lowest BCUT2D eigenvalue weighted by Crippen LogP contribution is -2.53. The first-order valence-corrected chi connectivity index (χ1v) is 8.14. The van der Waals surface area contributed by atoms with Crippen LogP contribution in [0.1, 0.15) is 12.0 Å². The molecule has 0 amide bonds. The number of carbonyl (C=O) groups excluding carboxylic acids is 1. The maximum atomic E-state index is 13.9. The minimum Gasteiger partial charge on any atom is -0.314 e. The number of fused-ring (bicyclic) bond motifs is 1. The van der Waals surface area contributed by atoms with E-state index < -0.39 is 36.5 Å². The standard InChI is InChI=1S/C16H16F6N4O/c17-9-15(18,19)12(27)13(25-7-5-23-6-8-25)26-11-4-2-1-3-10(11)24-14(26)16(20,21)22/h1-4,13,23H,5-9H2. The molecule has 1 atom stereocenters. The van der Waals surface area contributed by atoms with Crippen LogP contribution in [-0.4, -0.2) is 59.0 Å². The molecule has 0 spiro atoms. The Morgan fingerprint density at radius 1 is 1.15 bits per heavy atom. The second kappa shape index (κ2) is 7.12. The Kier molecular flexibility index (Phi) is 5.17. The monoisotopic (exact) mass is 394 g/mol. The zero-order chi connectivity index (χ0) is 19.8. The molecule has 0 radical (unpaired) electrons. The SMILES string of the molecule is O=C(C(N1CCNCC1)n1c(C(F)(F)F)nc2ccccc21)C(F)(F)CF. The van der Waals surface area contributed by atoms with Gasteiger partial charge in [0.05, 0.1) is 11.0 Å². The van der Waals surface area contributed by atoms with Crippen molar-refractivity contribution in [2.24, 2.45) is 0 Å². The summed E-state index contributed by atoms with van der Waals surface area (Å²) in [7, 11) is 0. The van der Waals surface area contributed by atoms with Crippen molar-refractivity contribution < 1.29 is 31.1 Å². The van der Waals surface area contributed by atoms with E-state index in [4.69, 9.17) is 0 Å². The number of para-hydroxylation sites is 2. The first-order chi connectivity index (χ1) is 12.7. The van der Waals surface area contributed by atoms with E-state index in [2.05, 4.69) is 10.3 Å². The van der Waals surface area contributed by atoms with E-state index in [0.717, 1.165) is 0 Å². The zero-order valence-electron chi connectivity index (χ0n) is 13.9. The molecule has 1 saturated heterocycles. The van der Waals surface area contributed by atoms with Crippen molar-refractivity contribution in [1.82, 2.24) is 19.8 Å². The van der Waals surface area contributed by atoms with E-state index >= 15 is 0 Å². The largest absolute Gasteiger partial charge is 0.449 e. The third kappa shape index (κ3) is 3.65. The van der Waals surface area contributed by atoms with Gasteiger partial charge in [0.1, 0.15) is 0 Å². The van der Waals surface area contributed by atoms with Gasteiger partial charge in [-0.25, -0.2) is 9.37 Å². The van der Waals surface area contributed by atoms with Gasteiger partial charge >= 0.3 is 12.1 Å². The number of aromatic nitrogens is 2. The number of ketones is 1. The molecule has 148 valence electrons. The molecule has 11 heteroatoms. The van der Waals surface area contributed by atoms with Crippen LogP contribution in [-0.2, 0) is 11.0 Å². The highest BCUT2D eigenvalue weighted by Gasteiger charge is 2.49. The number of hydrogen-bond donors (Lipinski definition) is 1. The summed E-state index contributed by atoms with van der Waals surface area (Å²) in [6.07, 6.45) is -7.02. The average molecular weight is 394 g/mol. The van der Waals surface area contributed by atoms with Crippen LogP contribution in [0.4, 0.5) is 26.3 Å². The topological polar surface area (TPSA) is 50.2 Å². The first-order valence-electron chi connectivity index (χ1n) is 8.14. The Bertz CT molecular complexity index is 828. The highest BCUT2D eigenvalue weighted by molar-refractivity contribution is 5.91. The summed E-state index contributed by atoms with van der Waals surface area (Å²) < 4.78 is 81.7. The maximum absolute atomic E-state index is 13.9. The number of rotatable bonds is 5. The van der Waals surface area contributed by atoms with E-state index in [9.17, 15) is 31.1 Å². The summed E-state index contributed by atoms with van der Waals surface area (Å²) in [6, 6.07) is 5.40. The van der Waals surface area contributed by atoms with Crippen molar-refractivity contribution in [2.45, 2.75) is 18.3 Å². The fraction of sp³-hybridized carbons (Fsp3) is 0.500. The second-order valence-electron chi connectivity index (χ2n) is 6.15. The molecular weight excluding hydrogens is 378 g/mol. The van der Waals surface area contributed by atoms with Crippen LogP contribution in [0.5, 0.6) is 0 Å². The Hall–Kier alpha value is -2.14. The molecule has 3 rings (SSSR count). The molecule has 27 heavy (non-hydrogen) atoms. The van der Waals surface area contributed by atoms with Gasteiger partial charge in [-0.1, -0.05) is 12.1 Å². The predicted molar refractivity (Wildman–Crippen MR) is 84.1 cm³/mol. The number of benzene rings is 1. The molecule has 1 unspecified atom stereocenters. The first kappa shape index (κ1) is 19.6. The van der Waals surface area contributed by atoms with Crippen molar-refractivity contribution in [2.75, 3.05) is 32.9 Å². The number of hydrogen-bond acceptors (Lipinski definition) is 4. The average Bonchev–Trinajstić information content (AvgIpc) is 3.03. The van der Waals surface area contributed by atoms with Crippen molar-refractivity contribution in [3.05, 3.63) is 30.1 Å². The van der Waals surface area contributed by atoms with Crippen molar-refractivity contribution in [1.29, 1.82) is 0 Å². The molecule has 5 nitrogen and oxygen atoms in total. The van der Waals surface area contributed by atoms with Crippen LogP contribution in [0, 0.1) is 0 Å². The molecule has 1 aromatic carbocycles. The van der Waals surface area contributed by atoms with E-state index in [-0.39, 0.29) is 24.1 Å². The molecule has 1 fully saturated rings. The molecule has 0 saturated carbocycles. The normalized spacial score (nSPS) is 18.0. The molecule has 1 N–H and O–H groups in total. The predicted octanol–water partition coefficient (Wildman–Crippen LogP) is 2.63. The number of carbonyl (C=O) groups is 1. The smallest absolute Gasteiger partial charge is 0.314 e. The summed E-state index contributed by atoms with van der Waals surface area (Å²) in [6.45, 7) is -1.62. The Balaban J connectivity index is 2.24. The lowest BCUT2D eigenvalue weighted by atomic mass is 10.1. The van der Waals surface area contributed by atoms with Gasteiger partial charge in [0.25, 0.3) is 0 Å². The third-order valence-electron chi connectivity index (χ3n) is 4.35. The second-order valence-corrected chi connectivity index (χ2v) is 6.15. The van der Waals surface area contributed by atoms with E-state index in [1.54, 1.807) is 0 Å². The van der Waals surface area contributed by atoms with Gasteiger partial charge in [-0.15, -0.1) is 0 Å². The molecular formula is C16H16F6N4O. The van der Waals surface area contributed by atoms with Crippen LogP contribution >= 0.6 is 0 Å². The quantitative estimate of drug-likeness (QED) is 0.793. The van der Waals surface area contributed by atoms with Gasteiger partial charge in [0.2, 0.25) is 11.6 Å². The molecule has 1 aromatic heterocycles. The number of piperazine rings is 1. The lowest BCUT2D eigenvalue weighted by molar-refractivity contribution is -0.161. The van der Waals surface area contributed by atoms with E-state index in [0.29, 0.717) is 17.7 Å². The molecule has 0 bridgehead atoms. The summed E-state index contributed by atoms with van der Waals surface area (Å²) in [5.74, 6) is -7.82. The number of halogens is 6. The lowest BCUT2D eigenvalue weighted by Gasteiger charge is -2.36. The highest BCUT2D eigenvalue weighted by Crippen LogP contribution is 2.37. The fourth-order valence-corrected chi connectivity index (χ4v) is 3.12. The number of nitrogens with one attached hydrogen (secondary N) is 1. The molecule has 1 aliphatic rings. The van der Waals surface area contributed by atoms with Gasteiger partial charge in [-0.05, 0) is 12.1 Å². The van der Waals surface area contributed by atoms with Crippen LogP contribution in [0.25, 0.3) is 11.0 Å². The minimum atomic E-state index is -4.99. The number of alkyl halides is 6. The highest BCUT2D eigenvalue weighted by atomic mass is 19.4. The van der Waals surface area contributed by atoms with Gasteiger partial charge in [0.15, 0.2) is 12.8 Å². The van der Waals surface area contributed by atoms with E-state index in [1.807, 2.05) is 0 Å². The Labute approximate surface area is 149 Å². The number of Topliss-reactive ketones (excluding diaryl/α,β-unsaturated/α-hetero) is 1. The molecule has 2 heterocycles. The van der Waals surface area contributed by atoms with Gasteiger partial charge in [0, 0.05) is 26.2 Å². The summed E-state index contributed by atoms with van der Waals surface area (Å²) in [5, 5.41) is 2.93. The molecule has 2 aromatic rings. The Morgan fingerprint density at radius 2 is 1.78 bits per heavy atom. The zero-order valence-corrected chi connectivity index (χ0v) is 13.9. The van der Waals surface area contributed by atoms with Crippen LogP contribution < -0.4 is 5.32 Å². The fourth-order valence-electron chi connectivity index (χ4n) is 3.12. The van der Waals surface area contributed by atoms with Crippen LogP contribution in [0.15, 0.2) is 24.3 Å². The summed E-state index contributed by atoms with van der Waals surface area (Å²) in [5.41, 5.74) is -0.224. The minimum absolute atomic E-state index is 0.0442. The molecule has 1 aliphatic heterocycles. The van der Waals surface area contributed by atoms with Crippen LogP contribution in [0.3, 0.4) is 0 Å².